The molecule has 5 nitrogen and oxygen atoms in total. The fourth-order valence-corrected chi connectivity index (χ4v) is 2.51. The quantitative estimate of drug-likeness (QED) is 0.737. The first-order valence-corrected chi connectivity index (χ1v) is 7.92. The minimum absolute atomic E-state index is 0.211. The molecule has 1 unspecified atom stereocenters. The van der Waals surface area contributed by atoms with Gasteiger partial charge in [0.2, 0.25) is 5.56 Å². The summed E-state index contributed by atoms with van der Waals surface area (Å²) in [6, 6.07) is 11.4. The standard InChI is InChI=1S/C19H14F3N3O2/c20-19(21,22)14-7-4-12(5-8-14)17(15-3-1-2-10-23-15)25-18(27)13-6-9-16(26)24-11-13/h1-11,17H,(H,24,26)(H,25,27). The zero-order valence-electron chi connectivity index (χ0n) is 13.8. The molecule has 8 heteroatoms. The fourth-order valence-electron chi connectivity index (χ4n) is 2.51. The van der Waals surface area contributed by atoms with E-state index in [1.54, 1.807) is 18.2 Å². The van der Waals surface area contributed by atoms with E-state index in [2.05, 4.69) is 15.3 Å². The molecule has 2 aromatic heterocycles. The van der Waals surface area contributed by atoms with E-state index in [0.717, 1.165) is 12.1 Å². The van der Waals surface area contributed by atoms with E-state index in [4.69, 9.17) is 0 Å². The predicted octanol–water partition coefficient (Wildman–Crippen LogP) is 3.31. The normalized spacial score (nSPS) is 12.4. The molecule has 0 saturated carbocycles. The molecular weight excluding hydrogens is 359 g/mol. The summed E-state index contributed by atoms with van der Waals surface area (Å²) in [6.45, 7) is 0. The van der Waals surface area contributed by atoms with Crippen LogP contribution in [-0.4, -0.2) is 15.9 Å². The summed E-state index contributed by atoms with van der Waals surface area (Å²) < 4.78 is 38.4. The molecule has 1 amide bonds. The van der Waals surface area contributed by atoms with Crippen LogP contribution in [0.1, 0.15) is 33.2 Å². The van der Waals surface area contributed by atoms with Crippen LogP contribution in [0, 0.1) is 0 Å². The van der Waals surface area contributed by atoms with Crippen LogP contribution >= 0.6 is 0 Å². The molecule has 0 fully saturated rings. The number of pyridine rings is 2. The van der Waals surface area contributed by atoms with Crippen LogP contribution in [0.4, 0.5) is 13.2 Å². The molecule has 0 aliphatic rings. The lowest BCUT2D eigenvalue weighted by Crippen LogP contribution is -2.30. The Balaban J connectivity index is 1.93. The number of alkyl halides is 3. The van der Waals surface area contributed by atoms with E-state index in [1.807, 2.05) is 0 Å². The highest BCUT2D eigenvalue weighted by molar-refractivity contribution is 5.94. The molecule has 3 rings (SSSR count). The largest absolute Gasteiger partial charge is 0.416 e. The topological polar surface area (TPSA) is 74.8 Å². The van der Waals surface area contributed by atoms with E-state index >= 15 is 0 Å². The number of nitrogens with one attached hydrogen (secondary N) is 2. The molecular formula is C19H14F3N3O2. The van der Waals surface area contributed by atoms with Crippen molar-refractivity contribution < 1.29 is 18.0 Å². The predicted molar refractivity (Wildman–Crippen MR) is 92.1 cm³/mol. The van der Waals surface area contributed by atoms with Crippen LogP contribution in [0.15, 0.2) is 71.8 Å². The van der Waals surface area contributed by atoms with Crippen LogP contribution < -0.4 is 10.9 Å². The van der Waals surface area contributed by atoms with Gasteiger partial charge in [0.05, 0.1) is 22.9 Å². The van der Waals surface area contributed by atoms with Crippen molar-refractivity contribution in [3.63, 3.8) is 0 Å². The summed E-state index contributed by atoms with van der Waals surface area (Å²) in [5, 5.41) is 2.74. The molecule has 1 atom stereocenters. The van der Waals surface area contributed by atoms with Crippen molar-refractivity contribution in [2.75, 3.05) is 0 Å². The molecule has 138 valence electrons. The van der Waals surface area contributed by atoms with Crippen molar-refractivity contribution in [1.82, 2.24) is 15.3 Å². The second-order valence-electron chi connectivity index (χ2n) is 5.72. The number of carbonyl (C=O) groups is 1. The first-order valence-electron chi connectivity index (χ1n) is 7.92. The molecule has 2 heterocycles. The van der Waals surface area contributed by atoms with Crippen molar-refractivity contribution in [2.24, 2.45) is 0 Å². The Labute approximate surface area is 151 Å². The Kier molecular flexibility index (Phi) is 5.07. The molecule has 27 heavy (non-hydrogen) atoms. The minimum Gasteiger partial charge on any atom is -0.339 e. The number of amides is 1. The third-order valence-corrected chi connectivity index (χ3v) is 3.88. The van der Waals surface area contributed by atoms with Crippen LogP contribution in [0.2, 0.25) is 0 Å². The maximum absolute atomic E-state index is 12.8. The van der Waals surface area contributed by atoms with Gasteiger partial charge in [-0.25, -0.2) is 0 Å². The molecule has 0 bridgehead atoms. The average molecular weight is 373 g/mol. The van der Waals surface area contributed by atoms with E-state index in [0.29, 0.717) is 11.3 Å². The number of hydrogen-bond donors (Lipinski definition) is 2. The molecule has 0 radical (unpaired) electrons. The zero-order valence-corrected chi connectivity index (χ0v) is 13.8. The van der Waals surface area contributed by atoms with Gasteiger partial charge < -0.3 is 10.3 Å². The highest BCUT2D eigenvalue weighted by Crippen LogP contribution is 2.30. The third kappa shape index (κ3) is 4.41. The van der Waals surface area contributed by atoms with Gasteiger partial charge in [-0.2, -0.15) is 13.2 Å². The summed E-state index contributed by atoms with van der Waals surface area (Å²) in [6.07, 6.45) is -1.66. The number of halogens is 3. The molecule has 0 spiro atoms. The van der Waals surface area contributed by atoms with E-state index < -0.39 is 23.7 Å². The van der Waals surface area contributed by atoms with Gasteiger partial charge >= 0.3 is 6.18 Å². The third-order valence-electron chi connectivity index (χ3n) is 3.88. The molecule has 0 saturated heterocycles. The first-order chi connectivity index (χ1) is 12.8. The van der Waals surface area contributed by atoms with Crippen molar-refractivity contribution in [1.29, 1.82) is 0 Å². The molecule has 2 N–H and O–H groups in total. The number of rotatable bonds is 4. The van der Waals surface area contributed by atoms with Crippen LogP contribution in [0.25, 0.3) is 0 Å². The highest BCUT2D eigenvalue weighted by atomic mass is 19.4. The van der Waals surface area contributed by atoms with Crippen molar-refractivity contribution in [3.05, 3.63) is 99.7 Å². The van der Waals surface area contributed by atoms with Gasteiger partial charge in [-0.1, -0.05) is 18.2 Å². The first kappa shape index (κ1) is 18.4. The Morgan fingerprint density at radius 2 is 1.78 bits per heavy atom. The van der Waals surface area contributed by atoms with Crippen molar-refractivity contribution >= 4 is 5.91 Å². The Morgan fingerprint density at radius 1 is 1.04 bits per heavy atom. The maximum atomic E-state index is 12.8. The van der Waals surface area contributed by atoms with E-state index in [-0.39, 0.29) is 11.1 Å². The van der Waals surface area contributed by atoms with Crippen molar-refractivity contribution in [2.45, 2.75) is 12.2 Å². The van der Waals surface area contributed by atoms with Gasteiger partial charge in [0.25, 0.3) is 5.91 Å². The van der Waals surface area contributed by atoms with Gasteiger partial charge in [-0.15, -0.1) is 0 Å². The number of hydrogen-bond acceptors (Lipinski definition) is 3. The van der Waals surface area contributed by atoms with E-state index in [1.165, 1.54) is 36.7 Å². The van der Waals surface area contributed by atoms with Crippen LogP contribution in [0.3, 0.4) is 0 Å². The second kappa shape index (κ2) is 7.45. The van der Waals surface area contributed by atoms with Gasteiger partial charge in [0.1, 0.15) is 0 Å². The van der Waals surface area contributed by atoms with Gasteiger partial charge in [-0.3, -0.25) is 14.6 Å². The zero-order chi connectivity index (χ0) is 19.4. The summed E-state index contributed by atoms with van der Waals surface area (Å²) in [4.78, 5) is 30.2. The van der Waals surface area contributed by atoms with Crippen molar-refractivity contribution in [3.8, 4) is 0 Å². The summed E-state index contributed by atoms with van der Waals surface area (Å²) in [5.41, 5.74) is -0.00880. The number of benzene rings is 1. The SMILES string of the molecule is O=C(NC(c1ccc(C(F)(F)F)cc1)c1ccccn1)c1ccc(=O)[nH]c1. The molecule has 1 aromatic carbocycles. The van der Waals surface area contributed by atoms with Gasteiger partial charge in [-0.05, 0) is 35.9 Å². The second-order valence-corrected chi connectivity index (χ2v) is 5.72. The lowest BCUT2D eigenvalue weighted by Gasteiger charge is -2.19. The lowest BCUT2D eigenvalue weighted by molar-refractivity contribution is -0.137. The fraction of sp³-hybridized carbons (Fsp3) is 0.105. The van der Waals surface area contributed by atoms with Gasteiger partial charge in [0.15, 0.2) is 0 Å². The van der Waals surface area contributed by atoms with Crippen LogP contribution in [-0.2, 0) is 6.18 Å². The lowest BCUT2D eigenvalue weighted by atomic mass is 10.0. The number of H-pyrrole nitrogens is 1. The number of carbonyl (C=O) groups excluding carboxylic acids is 1. The summed E-state index contributed by atoms with van der Waals surface area (Å²) in [5.74, 6) is -0.498. The average Bonchev–Trinajstić information content (AvgIpc) is 2.66. The van der Waals surface area contributed by atoms with Crippen LogP contribution in [0.5, 0.6) is 0 Å². The number of aromatic nitrogens is 2. The maximum Gasteiger partial charge on any atom is 0.416 e. The summed E-state index contributed by atoms with van der Waals surface area (Å²) in [7, 11) is 0. The Bertz CT molecular complexity index is 963. The molecule has 3 aromatic rings. The number of nitrogens with zero attached hydrogens (tertiary/aromatic N) is 1. The Morgan fingerprint density at radius 3 is 2.33 bits per heavy atom. The molecule has 0 aliphatic carbocycles. The summed E-state index contributed by atoms with van der Waals surface area (Å²) >= 11 is 0. The smallest absolute Gasteiger partial charge is 0.339 e. The monoisotopic (exact) mass is 373 g/mol. The highest BCUT2D eigenvalue weighted by Gasteiger charge is 2.30. The molecule has 0 aliphatic heterocycles. The van der Waals surface area contributed by atoms with Gasteiger partial charge in [0, 0.05) is 18.5 Å². The van der Waals surface area contributed by atoms with E-state index in [9.17, 15) is 22.8 Å². The number of aromatic amines is 1. The Hall–Kier alpha value is -3.42. The minimum atomic E-state index is -4.45.